The minimum atomic E-state index is -0.648. The molecule has 0 aromatic heterocycles. The van der Waals surface area contributed by atoms with Crippen LogP contribution < -0.4 is 0 Å². The molecule has 166 valence electrons. The van der Waals surface area contributed by atoms with Gasteiger partial charge in [0.05, 0.1) is 0 Å². The number of hydrogen-bond donors (Lipinski definition) is 1. The maximum absolute atomic E-state index is 10.4. The number of carbonyl (C=O) groups is 1. The molecule has 1 aliphatic rings. The lowest BCUT2D eigenvalue weighted by atomic mass is 9.85. The Morgan fingerprint density at radius 2 is 0.893 bits per heavy atom. The molecular weight excluding hydrogens is 344 g/mol. The summed E-state index contributed by atoms with van der Waals surface area (Å²) in [6.45, 7) is 0. The Hall–Kier alpha value is -0.530. The molecule has 1 rings (SSSR count). The second kappa shape index (κ2) is 19.8. The second-order valence-corrected chi connectivity index (χ2v) is 9.45. The van der Waals surface area contributed by atoms with E-state index in [1.54, 1.807) is 0 Å². The Labute approximate surface area is 176 Å². The molecule has 1 fully saturated rings. The predicted octanol–water partition coefficient (Wildman–Crippen LogP) is 9.06. The van der Waals surface area contributed by atoms with Crippen molar-refractivity contribution in [1.82, 2.24) is 0 Å². The van der Waals surface area contributed by atoms with Crippen LogP contribution in [-0.4, -0.2) is 11.1 Å². The lowest BCUT2D eigenvalue weighted by molar-refractivity contribution is -0.137. The highest BCUT2D eigenvalue weighted by molar-refractivity contribution is 5.66. The van der Waals surface area contributed by atoms with Crippen molar-refractivity contribution < 1.29 is 9.90 Å². The number of rotatable bonds is 20. The van der Waals surface area contributed by atoms with Crippen LogP contribution in [-0.2, 0) is 4.79 Å². The molecule has 0 aliphatic heterocycles. The number of aliphatic carboxylic acids is 1. The molecule has 0 amide bonds. The van der Waals surface area contributed by atoms with Gasteiger partial charge in [0.1, 0.15) is 0 Å². The summed E-state index contributed by atoms with van der Waals surface area (Å²) in [6, 6.07) is 0. The van der Waals surface area contributed by atoms with E-state index in [-0.39, 0.29) is 0 Å². The summed E-state index contributed by atoms with van der Waals surface area (Å²) in [5.74, 6) is 0.433. The zero-order valence-electron chi connectivity index (χ0n) is 18.9. The van der Waals surface area contributed by atoms with Gasteiger partial charge in [0.15, 0.2) is 0 Å². The number of unbranched alkanes of at least 4 members (excludes halogenated alkanes) is 16. The summed E-state index contributed by atoms with van der Waals surface area (Å²) in [4.78, 5) is 10.4. The largest absolute Gasteiger partial charge is 0.481 e. The molecule has 0 atom stereocenters. The summed E-state index contributed by atoms with van der Waals surface area (Å²) in [5, 5.41) is 8.59. The zero-order valence-corrected chi connectivity index (χ0v) is 18.9. The molecule has 2 nitrogen and oxygen atoms in total. The Bertz CT molecular complexity index is 333. The van der Waals surface area contributed by atoms with Crippen LogP contribution in [0.25, 0.3) is 0 Å². The first kappa shape index (κ1) is 25.5. The monoisotopic (exact) mass is 394 g/mol. The Morgan fingerprint density at radius 3 is 1.29 bits per heavy atom. The Kier molecular flexibility index (Phi) is 18.0. The van der Waals surface area contributed by atoms with E-state index in [1.807, 2.05) is 0 Å². The standard InChI is InChI=1S/C26H50O2/c27-26(28)24-20-15-13-11-9-7-5-3-1-2-4-6-8-10-12-14-17-21-25-22-18-16-19-23-25/h25H,1-24H2,(H,27,28). The van der Waals surface area contributed by atoms with Crippen LogP contribution in [0.4, 0.5) is 0 Å². The molecule has 0 aromatic carbocycles. The maximum Gasteiger partial charge on any atom is 0.303 e. The number of carboxylic acid groups (broad SMARTS) is 1. The molecule has 0 saturated heterocycles. The van der Waals surface area contributed by atoms with Crippen molar-refractivity contribution in [3.63, 3.8) is 0 Å². The summed E-state index contributed by atoms with van der Waals surface area (Å²) in [6.07, 6.45) is 32.6. The van der Waals surface area contributed by atoms with Crippen molar-refractivity contribution in [2.24, 2.45) is 5.92 Å². The quantitative estimate of drug-likeness (QED) is 0.209. The van der Waals surface area contributed by atoms with Crippen LogP contribution in [0.1, 0.15) is 154 Å². The van der Waals surface area contributed by atoms with Crippen LogP contribution in [0.3, 0.4) is 0 Å². The maximum atomic E-state index is 10.4. The third-order valence-corrected chi connectivity index (χ3v) is 6.73. The molecule has 1 aliphatic carbocycles. The normalized spacial score (nSPS) is 15.1. The highest BCUT2D eigenvalue weighted by Gasteiger charge is 2.12. The molecule has 0 bridgehead atoms. The smallest absolute Gasteiger partial charge is 0.303 e. The van der Waals surface area contributed by atoms with E-state index < -0.39 is 5.97 Å². The van der Waals surface area contributed by atoms with Gasteiger partial charge in [0.2, 0.25) is 0 Å². The second-order valence-electron chi connectivity index (χ2n) is 9.45. The van der Waals surface area contributed by atoms with Gasteiger partial charge in [-0.3, -0.25) is 4.79 Å². The number of hydrogen-bond acceptors (Lipinski definition) is 1. The van der Waals surface area contributed by atoms with Crippen LogP contribution in [0.5, 0.6) is 0 Å². The van der Waals surface area contributed by atoms with Crippen molar-refractivity contribution in [2.75, 3.05) is 0 Å². The van der Waals surface area contributed by atoms with E-state index in [0.29, 0.717) is 6.42 Å². The molecule has 0 unspecified atom stereocenters. The fraction of sp³-hybridized carbons (Fsp3) is 0.962. The van der Waals surface area contributed by atoms with Gasteiger partial charge in [-0.05, 0) is 12.3 Å². The molecule has 1 N–H and O–H groups in total. The lowest BCUT2D eigenvalue weighted by Crippen LogP contribution is -2.05. The first-order valence-electron chi connectivity index (χ1n) is 13.0. The highest BCUT2D eigenvalue weighted by Crippen LogP contribution is 2.28. The van der Waals surface area contributed by atoms with Gasteiger partial charge < -0.3 is 5.11 Å². The molecule has 0 radical (unpaired) electrons. The molecule has 0 aromatic rings. The van der Waals surface area contributed by atoms with E-state index in [2.05, 4.69) is 0 Å². The van der Waals surface area contributed by atoms with Crippen molar-refractivity contribution >= 4 is 5.97 Å². The van der Waals surface area contributed by atoms with Gasteiger partial charge in [-0.25, -0.2) is 0 Å². The van der Waals surface area contributed by atoms with Crippen LogP contribution in [0.2, 0.25) is 0 Å². The SMILES string of the molecule is O=C(O)CCCCCCCCCCCCCCCCCCCC1CCCCC1. The molecule has 0 spiro atoms. The van der Waals surface area contributed by atoms with Crippen molar-refractivity contribution in [1.29, 1.82) is 0 Å². The van der Waals surface area contributed by atoms with Gasteiger partial charge in [-0.1, -0.05) is 141 Å². The van der Waals surface area contributed by atoms with Crippen LogP contribution >= 0.6 is 0 Å². The van der Waals surface area contributed by atoms with E-state index >= 15 is 0 Å². The summed E-state index contributed by atoms with van der Waals surface area (Å²) < 4.78 is 0. The average molecular weight is 395 g/mol. The molecule has 0 heterocycles. The number of carboxylic acids is 1. The van der Waals surface area contributed by atoms with Crippen molar-refractivity contribution in [3.05, 3.63) is 0 Å². The zero-order chi connectivity index (χ0) is 20.1. The third kappa shape index (κ3) is 17.6. The van der Waals surface area contributed by atoms with Crippen LogP contribution in [0, 0.1) is 5.92 Å². The van der Waals surface area contributed by atoms with E-state index in [9.17, 15) is 4.79 Å². The minimum Gasteiger partial charge on any atom is -0.481 e. The van der Waals surface area contributed by atoms with E-state index in [1.165, 1.54) is 135 Å². The molecule has 28 heavy (non-hydrogen) atoms. The first-order chi connectivity index (χ1) is 13.8. The Balaban J connectivity index is 1.65. The average Bonchev–Trinajstić information content (AvgIpc) is 2.70. The molecule has 2 heteroatoms. The third-order valence-electron chi connectivity index (χ3n) is 6.73. The fourth-order valence-corrected chi connectivity index (χ4v) is 4.84. The van der Waals surface area contributed by atoms with E-state index in [0.717, 1.165) is 18.8 Å². The first-order valence-corrected chi connectivity index (χ1v) is 13.0. The predicted molar refractivity (Wildman–Crippen MR) is 122 cm³/mol. The fourth-order valence-electron chi connectivity index (χ4n) is 4.84. The topological polar surface area (TPSA) is 37.3 Å². The summed E-state index contributed by atoms with van der Waals surface area (Å²) in [5.41, 5.74) is 0. The minimum absolute atomic E-state index is 0.348. The van der Waals surface area contributed by atoms with Gasteiger partial charge in [-0.2, -0.15) is 0 Å². The summed E-state index contributed by atoms with van der Waals surface area (Å²) in [7, 11) is 0. The highest BCUT2D eigenvalue weighted by atomic mass is 16.4. The molecule has 1 saturated carbocycles. The van der Waals surface area contributed by atoms with Crippen LogP contribution in [0.15, 0.2) is 0 Å². The van der Waals surface area contributed by atoms with Gasteiger partial charge in [-0.15, -0.1) is 0 Å². The van der Waals surface area contributed by atoms with Crippen molar-refractivity contribution in [3.8, 4) is 0 Å². The Morgan fingerprint density at radius 1 is 0.536 bits per heavy atom. The van der Waals surface area contributed by atoms with Gasteiger partial charge >= 0.3 is 5.97 Å². The van der Waals surface area contributed by atoms with Crippen molar-refractivity contribution in [2.45, 2.75) is 154 Å². The van der Waals surface area contributed by atoms with E-state index in [4.69, 9.17) is 5.11 Å². The molecular formula is C26H50O2. The van der Waals surface area contributed by atoms with Gasteiger partial charge in [0.25, 0.3) is 0 Å². The summed E-state index contributed by atoms with van der Waals surface area (Å²) >= 11 is 0. The van der Waals surface area contributed by atoms with Gasteiger partial charge in [0, 0.05) is 6.42 Å². The lowest BCUT2D eigenvalue weighted by Gasteiger charge is -2.21.